The van der Waals surface area contributed by atoms with E-state index in [2.05, 4.69) is 14.9 Å². The van der Waals surface area contributed by atoms with Gasteiger partial charge in [0.05, 0.1) is 12.6 Å². The molecule has 0 radical (unpaired) electrons. The molecule has 1 unspecified atom stereocenters. The van der Waals surface area contributed by atoms with Crippen molar-refractivity contribution in [3.8, 4) is 0 Å². The van der Waals surface area contributed by atoms with Gasteiger partial charge >= 0.3 is 0 Å². The Morgan fingerprint density at radius 1 is 1.64 bits per heavy atom. The lowest BCUT2D eigenvalue weighted by atomic mass is 10.2. The molecule has 1 aliphatic heterocycles. The summed E-state index contributed by atoms with van der Waals surface area (Å²) in [5, 5.41) is 0. The molecule has 0 bridgehead atoms. The van der Waals surface area contributed by atoms with E-state index in [1.807, 2.05) is 6.07 Å². The van der Waals surface area contributed by atoms with Gasteiger partial charge in [0.25, 0.3) is 0 Å². The number of ether oxygens (including phenoxy) is 1. The topological polar surface area (TPSA) is 38.2 Å². The van der Waals surface area contributed by atoms with Crippen molar-refractivity contribution in [2.75, 3.05) is 25.2 Å². The minimum Gasteiger partial charge on any atom is -0.383 e. The molecular weight excluding hydrogens is 178 g/mol. The maximum Gasteiger partial charge on any atom is 0.132 e. The number of hydrogen-bond donors (Lipinski definition) is 0. The molecule has 0 aliphatic carbocycles. The summed E-state index contributed by atoms with van der Waals surface area (Å²) in [6, 6.07) is 2.43. The number of anilines is 1. The summed E-state index contributed by atoms with van der Waals surface area (Å²) in [6.07, 6.45) is 5.79. The van der Waals surface area contributed by atoms with Crippen LogP contribution in [0.15, 0.2) is 18.6 Å². The predicted molar refractivity (Wildman–Crippen MR) is 54.3 cm³/mol. The molecular formula is C10H15N3O. The van der Waals surface area contributed by atoms with Crippen LogP contribution in [0.3, 0.4) is 0 Å². The van der Waals surface area contributed by atoms with Crippen LogP contribution in [0.5, 0.6) is 0 Å². The van der Waals surface area contributed by atoms with Crippen molar-refractivity contribution >= 4 is 5.82 Å². The lowest BCUT2D eigenvalue weighted by Crippen LogP contribution is -2.33. The monoisotopic (exact) mass is 193 g/mol. The van der Waals surface area contributed by atoms with E-state index in [0.717, 1.165) is 19.0 Å². The Bertz CT molecular complexity index is 278. The van der Waals surface area contributed by atoms with E-state index in [1.165, 1.54) is 12.8 Å². The Balaban J connectivity index is 2.10. The molecule has 0 aromatic carbocycles. The Morgan fingerprint density at radius 2 is 2.57 bits per heavy atom. The van der Waals surface area contributed by atoms with Crippen molar-refractivity contribution < 1.29 is 4.74 Å². The van der Waals surface area contributed by atoms with Crippen LogP contribution in [0.1, 0.15) is 12.8 Å². The fourth-order valence-corrected chi connectivity index (χ4v) is 1.96. The van der Waals surface area contributed by atoms with Crippen molar-refractivity contribution in [1.29, 1.82) is 0 Å². The first kappa shape index (κ1) is 9.40. The summed E-state index contributed by atoms with van der Waals surface area (Å²) in [7, 11) is 1.75. The van der Waals surface area contributed by atoms with E-state index >= 15 is 0 Å². The second-order valence-electron chi connectivity index (χ2n) is 3.51. The third kappa shape index (κ3) is 1.85. The van der Waals surface area contributed by atoms with Gasteiger partial charge in [-0.05, 0) is 18.9 Å². The molecule has 1 aromatic rings. The lowest BCUT2D eigenvalue weighted by Gasteiger charge is -2.24. The first-order valence-corrected chi connectivity index (χ1v) is 4.93. The Labute approximate surface area is 83.9 Å². The van der Waals surface area contributed by atoms with Crippen molar-refractivity contribution in [3.05, 3.63) is 18.6 Å². The molecule has 2 heterocycles. The zero-order valence-corrected chi connectivity index (χ0v) is 8.39. The average Bonchev–Trinajstić information content (AvgIpc) is 2.68. The zero-order valence-electron chi connectivity index (χ0n) is 8.39. The first-order valence-electron chi connectivity index (χ1n) is 4.93. The van der Waals surface area contributed by atoms with Gasteiger partial charge in [-0.15, -0.1) is 0 Å². The molecule has 0 spiro atoms. The highest BCUT2D eigenvalue weighted by atomic mass is 16.5. The van der Waals surface area contributed by atoms with Crippen LogP contribution in [0.25, 0.3) is 0 Å². The Morgan fingerprint density at radius 3 is 3.29 bits per heavy atom. The molecule has 76 valence electrons. The second kappa shape index (κ2) is 4.37. The SMILES string of the molecule is COCC1CCCN1c1ccncn1. The third-order valence-electron chi connectivity index (χ3n) is 2.60. The zero-order chi connectivity index (χ0) is 9.80. The van der Waals surface area contributed by atoms with Crippen molar-refractivity contribution in [2.45, 2.75) is 18.9 Å². The van der Waals surface area contributed by atoms with Crippen LogP contribution >= 0.6 is 0 Å². The molecule has 1 saturated heterocycles. The van der Waals surface area contributed by atoms with Gasteiger partial charge in [-0.2, -0.15) is 0 Å². The van der Waals surface area contributed by atoms with Crippen LogP contribution in [0, 0.1) is 0 Å². The fourth-order valence-electron chi connectivity index (χ4n) is 1.96. The van der Waals surface area contributed by atoms with E-state index in [1.54, 1.807) is 19.6 Å². The summed E-state index contributed by atoms with van der Waals surface area (Å²) in [5.41, 5.74) is 0. The fraction of sp³-hybridized carbons (Fsp3) is 0.600. The molecule has 1 fully saturated rings. The summed E-state index contributed by atoms with van der Waals surface area (Å²) in [6.45, 7) is 1.86. The van der Waals surface area contributed by atoms with Crippen LogP contribution < -0.4 is 4.90 Å². The smallest absolute Gasteiger partial charge is 0.132 e. The standard InChI is InChI=1S/C10H15N3O/c1-14-7-9-3-2-6-13(9)10-4-5-11-8-12-10/h4-5,8-9H,2-3,6-7H2,1H3. The molecule has 0 amide bonds. The number of rotatable bonds is 3. The van der Waals surface area contributed by atoms with E-state index in [-0.39, 0.29) is 0 Å². The summed E-state index contributed by atoms with van der Waals surface area (Å²) < 4.78 is 5.19. The molecule has 0 saturated carbocycles. The van der Waals surface area contributed by atoms with Crippen molar-refractivity contribution in [3.63, 3.8) is 0 Å². The van der Waals surface area contributed by atoms with Gasteiger partial charge in [-0.1, -0.05) is 0 Å². The quantitative estimate of drug-likeness (QED) is 0.720. The van der Waals surface area contributed by atoms with Gasteiger partial charge in [-0.3, -0.25) is 0 Å². The normalized spacial score (nSPS) is 21.5. The van der Waals surface area contributed by atoms with Crippen LogP contribution in [0.2, 0.25) is 0 Å². The third-order valence-corrected chi connectivity index (χ3v) is 2.60. The van der Waals surface area contributed by atoms with E-state index in [4.69, 9.17) is 4.74 Å². The summed E-state index contributed by atoms with van der Waals surface area (Å²) >= 11 is 0. The molecule has 4 heteroatoms. The maximum absolute atomic E-state index is 5.19. The molecule has 0 N–H and O–H groups in total. The summed E-state index contributed by atoms with van der Waals surface area (Å²) in [5.74, 6) is 1.01. The first-order chi connectivity index (χ1) is 6.92. The van der Waals surface area contributed by atoms with E-state index in [9.17, 15) is 0 Å². The van der Waals surface area contributed by atoms with Gasteiger partial charge < -0.3 is 9.64 Å². The Kier molecular flexibility index (Phi) is 2.93. The Hall–Kier alpha value is -1.16. The van der Waals surface area contributed by atoms with E-state index < -0.39 is 0 Å². The number of aromatic nitrogens is 2. The van der Waals surface area contributed by atoms with Gasteiger partial charge in [0, 0.05) is 19.9 Å². The van der Waals surface area contributed by atoms with Crippen molar-refractivity contribution in [2.24, 2.45) is 0 Å². The lowest BCUT2D eigenvalue weighted by molar-refractivity contribution is 0.180. The number of nitrogens with zero attached hydrogens (tertiary/aromatic N) is 3. The molecule has 1 atom stereocenters. The van der Waals surface area contributed by atoms with Gasteiger partial charge in [0.2, 0.25) is 0 Å². The summed E-state index contributed by atoms with van der Waals surface area (Å²) in [4.78, 5) is 10.5. The van der Waals surface area contributed by atoms with Crippen molar-refractivity contribution in [1.82, 2.24) is 9.97 Å². The number of hydrogen-bond acceptors (Lipinski definition) is 4. The van der Waals surface area contributed by atoms with Gasteiger partial charge in [-0.25, -0.2) is 9.97 Å². The second-order valence-corrected chi connectivity index (χ2v) is 3.51. The van der Waals surface area contributed by atoms with E-state index in [0.29, 0.717) is 6.04 Å². The minimum absolute atomic E-state index is 0.481. The van der Waals surface area contributed by atoms with Gasteiger partial charge in [0.1, 0.15) is 12.1 Å². The highest BCUT2D eigenvalue weighted by molar-refractivity contribution is 5.39. The molecule has 2 rings (SSSR count). The average molecular weight is 193 g/mol. The highest BCUT2D eigenvalue weighted by Crippen LogP contribution is 2.22. The largest absolute Gasteiger partial charge is 0.383 e. The molecule has 1 aliphatic rings. The van der Waals surface area contributed by atoms with Crippen LogP contribution in [-0.2, 0) is 4.74 Å². The van der Waals surface area contributed by atoms with Crippen LogP contribution in [0.4, 0.5) is 5.82 Å². The minimum atomic E-state index is 0.481. The highest BCUT2D eigenvalue weighted by Gasteiger charge is 2.24. The molecule has 1 aromatic heterocycles. The molecule has 4 nitrogen and oxygen atoms in total. The number of methoxy groups -OCH3 is 1. The predicted octanol–water partition coefficient (Wildman–Crippen LogP) is 1.09. The van der Waals surface area contributed by atoms with Gasteiger partial charge in [0.15, 0.2) is 0 Å². The molecule has 14 heavy (non-hydrogen) atoms. The maximum atomic E-state index is 5.19. The van der Waals surface area contributed by atoms with Crippen LogP contribution in [-0.4, -0.2) is 36.3 Å².